The molecule has 0 heterocycles. The van der Waals surface area contributed by atoms with Gasteiger partial charge in [0.05, 0.1) is 13.7 Å². The standard InChI is InChI=1S/C14H22N2O3/c1-9-6-11(13(19-3)7-10(9)2)4-5-16-14(18)12(15)8-17/h6-7,12,17H,4-5,8,15H2,1-3H3,(H,16,18). The molecule has 1 rings (SSSR count). The Morgan fingerprint density at radius 3 is 2.63 bits per heavy atom. The number of aliphatic hydroxyl groups excluding tert-OH is 1. The quantitative estimate of drug-likeness (QED) is 0.691. The van der Waals surface area contributed by atoms with Gasteiger partial charge in [0.25, 0.3) is 0 Å². The van der Waals surface area contributed by atoms with Gasteiger partial charge in [0.15, 0.2) is 0 Å². The first-order valence-corrected chi connectivity index (χ1v) is 6.27. The van der Waals surface area contributed by atoms with Crippen molar-refractivity contribution >= 4 is 5.91 Å². The molecular formula is C14H22N2O3. The monoisotopic (exact) mass is 266 g/mol. The van der Waals surface area contributed by atoms with Gasteiger partial charge in [-0.25, -0.2) is 0 Å². The van der Waals surface area contributed by atoms with Crippen molar-refractivity contribution in [1.82, 2.24) is 5.32 Å². The van der Waals surface area contributed by atoms with Gasteiger partial charge in [0.2, 0.25) is 5.91 Å². The summed E-state index contributed by atoms with van der Waals surface area (Å²) in [6, 6.07) is 3.19. The summed E-state index contributed by atoms with van der Waals surface area (Å²) in [5.74, 6) is 0.481. The molecule has 0 bridgehead atoms. The van der Waals surface area contributed by atoms with Gasteiger partial charge in [0.1, 0.15) is 11.8 Å². The van der Waals surface area contributed by atoms with Gasteiger partial charge in [-0.3, -0.25) is 4.79 Å². The third kappa shape index (κ3) is 4.22. The smallest absolute Gasteiger partial charge is 0.239 e. The van der Waals surface area contributed by atoms with E-state index < -0.39 is 6.04 Å². The van der Waals surface area contributed by atoms with Crippen LogP contribution in [0.3, 0.4) is 0 Å². The average molecular weight is 266 g/mol. The van der Waals surface area contributed by atoms with E-state index in [1.165, 1.54) is 11.1 Å². The number of carbonyl (C=O) groups is 1. The van der Waals surface area contributed by atoms with Crippen molar-refractivity contribution in [3.05, 3.63) is 28.8 Å². The van der Waals surface area contributed by atoms with E-state index in [-0.39, 0.29) is 12.5 Å². The van der Waals surface area contributed by atoms with Crippen molar-refractivity contribution in [2.24, 2.45) is 5.73 Å². The lowest BCUT2D eigenvalue weighted by atomic mass is 10.0. The minimum absolute atomic E-state index is 0.342. The summed E-state index contributed by atoms with van der Waals surface area (Å²) in [5, 5.41) is 11.5. The van der Waals surface area contributed by atoms with Gasteiger partial charge in [0, 0.05) is 6.54 Å². The van der Waals surface area contributed by atoms with Crippen LogP contribution in [0.4, 0.5) is 0 Å². The number of ether oxygens (including phenoxy) is 1. The fourth-order valence-corrected chi connectivity index (χ4v) is 1.77. The van der Waals surface area contributed by atoms with Gasteiger partial charge < -0.3 is 20.9 Å². The summed E-state index contributed by atoms with van der Waals surface area (Å²) in [6.45, 7) is 4.19. The number of nitrogens with one attached hydrogen (secondary N) is 1. The second-order valence-corrected chi connectivity index (χ2v) is 4.58. The number of methoxy groups -OCH3 is 1. The molecule has 5 nitrogen and oxygen atoms in total. The van der Waals surface area contributed by atoms with Gasteiger partial charge in [-0.1, -0.05) is 6.07 Å². The predicted molar refractivity (Wildman–Crippen MR) is 74.2 cm³/mol. The molecule has 0 aromatic heterocycles. The van der Waals surface area contributed by atoms with Crippen LogP contribution in [0.5, 0.6) is 5.75 Å². The van der Waals surface area contributed by atoms with E-state index in [0.29, 0.717) is 13.0 Å². The van der Waals surface area contributed by atoms with Crippen LogP contribution in [0.15, 0.2) is 12.1 Å². The topological polar surface area (TPSA) is 84.6 Å². The van der Waals surface area contributed by atoms with Gasteiger partial charge >= 0.3 is 0 Å². The molecule has 1 unspecified atom stereocenters. The van der Waals surface area contributed by atoms with Crippen LogP contribution in [-0.2, 0) is 11.2 Å². The summed E-state index contributed by atoms with van der Waals surface area (Å²) in [7, 11) is 1.63. The third-order valence-electron chi connectivity index (χ3n) is 3.12. The summed E-state index contributed by atoms with van der Waals surface area (Å²) >= 11 is 0. The van der Waals surface area contributed by atoms with E-state index in [1.807, 2.05) is 19.9 Å². The SMILES string of the molecule is COc1cc(C)c(C)cc1CCNC(=O)C(N)CO. The lowest BCUT2D eigenvalue weighted by Gasteiger charge is -2.13. The molecule has 0 aliphatic rings. The Bertz CT molecular complexity index is 447. The molecule has 1 aromatic rings. The zero-order valence-corrected chi connectivity index (χ0v) is 11.7. The van der Waals surface area contributed by atoms with Crippen LogP contribution in [0.25, 0.3) is 0 Å². The number of aryl methyl sites for hydroxylation is 2. The first kappa shape index (κ1) is 15.5. The number of nitrogens with two attached hydrogens (primary N) is 1. The molecule has 1 aromatic carbocycles. The van der Waals surface area contributed by atoms with Gasteiger partial charge in [-0.05, 0) is 43.0 Å². The van der Waals surface area contributed by atoms with Crippen LogP contribution in [0.1, 0.15) is 16.7 Å². The van der Waals surface area contributed by atoms with Crippen molar-refractivity contribution in [2.75, 3.05) is 20.3 Å². The molecule has 1 atom stereocenters. The molecule has 5 heteroatoms. The summed E-state index contributed by atoms with van der Waals surface area (Å²) in [5.41, 5.74) is 8.82. The van der Waals surface area contributed by atoms with Crippen LogP contribution < -0.4 is 15.8 Å². The largest absolute Gasteiger partial charge is 0.496 e. The predicted octanol–water partition coefficient (Wildman–Crippen LogP) is 0.290. The van der Waals surface area contributed by atoms with Crippen LogP contribution in [0, 0.1) is 13.8 Å². The van der Waals surface area contributed by atoms with Crippen molar-refractivity contribution in [3.63, 3.8) is 0 Å². The number of benzene rings is 1. The molecule has 4 N–H and O–H groups in total. The number of hydrogen-bond acceptors (Lipinski definition) is 4. The molecular weight excluding hydrogens is 244 g/mol. The lowest BCUT2D eigenvalue weighted by molar-refractivity contribution is -0.123. The highest BCUT2D eigenvalue weighted by atomic mass is 16.5. The van der Waals surface area contributed by atoms with Gasteiger partial charge in [-0.2, -0.15) is 0 Å². The first-order valence-electron chi connectivity index (χ1n) is 6.27. The first-order chi connectivity index (χ1) is 8.99. The number of rotatable bonds is 6. The molecule has 0 fully saturated rings. The fourth-order valence-electron chi connectivity index (χ4n) is 1.77. The highest BCUT2D eigenvalue weighted by Gasteiger charge is 2.11. The molecule has 1 amide bonds. The van der Waals surface area contributed by atoms with Crippen LogP contribution >= 0.6 is 0 Å². The second kappa shape index (κ2) is 7.11. The zero-order valence-electron chi connectivity index (χ0n) is 11.7. The third-order valence-corrected chi connectivity index (χ3v) is 3.12. The zero-order chi connectivity index (χ0) is 14.4. The molecule has 0 aliphatic heterocycles. The molecule has 19 heavy (non-hydrogen) atoms. The van der Waals surface area contributed by atoms with Gasteiger partial charge in [-0.15, -0.1) is 0 Å². The fraction of sp³-hybridized carbons (Fsp3) is 0.500. The minimum atomic E-state index is -0.860. The van der Waals surface area contributed by atoms with E-state index >= 15 is 0 Å². The van der Waals surface area contributed by atoms with E-state index in [2.05, 4.69) is 11.4 Å². The normalized spacial score (nSPS) is 12.1. The molecule has 106 valence electrons. The second-order valence-electron chi connectivity index (χ2n) is 4.58. The number of amides is 1. The summed E-state index contributed by atoms with van der Waals surface area (Å²) in [4.78, 5) is 11.4. The average Bonchev–Trinajstić information content (AvgIpc) is 2.41. The van der Waals surface area contributed by atoms with E-state index in [0.717, 1.165) is 11.3 Å². The maximum atomic E-state index is 11.4. The minimum Gasteiger partial charge on any atom is -0.496 e. The van der Waals surface area contributed by atoms with E-state index in [9.17, 15) is 4.79 Å². The number of carbonyl (C=O) groups excluding carboxylic acids is 1. The van der Waals surface area contributed by atoms with Crippen molar-refractivity contribution in [1.29, 1.82) is 0 Å². The highest BCUT2D eigenvalue weighted by Crippen LogP contribution is 2.23. The Morgan fingerprint density at radius 1 is 1.42 bits per heavy atom. The molecule has 0 radical (unpaired) electrons. The maximum Gasteiger partial charge on any atom is 0.239 e. The Labute approximate surface area is 113 Å². The molecule has 0 aliphatic carbocycles. The summed E-state index contributed by atoms with van der Waals surface area (Å²) < 4.78 is 5.33. The van der Waals surface area contributed by atoms with Crippen LogP contribution in [-0.4, -0.2) is 37.3 Å². The molecule has 0 spiro atoms. The lowest BCUT2D eigenvalue weighted by Crippen LogP contribution is -2.43. The Balaban J connectivity index is 2.63. The van der Waals surface area contributed by atoms with Crippen molar-refractivity contribution in [2.45, 2.75) is 26.3 Å². The van der Waals surface area contributed by atoms with E-state index in [1.54, 1.807) is 7.11 Å². The Kier molecular flexibility index (Phi) is 5.79. The van der Waals surface area contributed by atoms with E-state index in [4.69, 9.17) is 15.6 Å². The highest BCUT2D eigenvalue weighted by molar-refractivity contribution is 5.81. The Morgan fingerprint density at radius 2 is 2.05 bits per heavy atom. The van der Waals surface area contributed by atoms with Crippen LogP contribution in [0.2, 0.25) is 0 Å². The van der Waals surface area contributed by atoms with Crippen molar-refractivity contribution in [3.8, 4) is 5.75 Å². The molecule has 0 saturated carbocycles. The van der Waals surface area contributed by atoms with Crippen molar-refractivity contribution < 1.29 is 14.6 Å². The summed E-state index contributed by atoms with van der Waals surface area (Å²) in [6.07, 6.45) is 0.661. The maximum absolute atomic E-state index is 11.4. The number of hydrogen-bond donors (Lipinski definition) is 3. The number of aliphatic hydroxyl groups is 1. The molecule has 0 saturated heterocycles. The Hall–Kier alpha value is -1.59.